The number of aromatic nitrogens is 2. The minimum Gasteiger partial charge on any atom is -0.352 e. The number of hydrogen-bond acceptors (Lipinski definition) is 6. The van der Waals surface area contributed by atoms with Gasteiger partial charge in [-0.05, 0) is 24.3 Å². The molecule has 0 atom stereocenters. The molecule has 0 unspecified atom stereocenters. The Bertz CT molecular complexity index is 814. The minimum absolute atomic E-state index is 0.155. The van der Waals surface area contributed by atoms with Crippen molar-refractivity contribution < 1.29 is 13.2 Å². The van der Waals surface area contributed by atoms with Crippen molar-refractivity contribution in [3.8, 4) is 0 Å². The lowest BCUT2D eigenvalue weighted by molar-refractivity contribution is 0.0955. The zero-order valence-electron chi connectivity index (χ0n) is 12.8. The van der Waals surface area contributed by atoms with E-state index in [1.165, 1.54) is 18.2 Å². The van der Waals surface area contributed by atoms with Crippen LogP contribution in [-0.4, -0.2) is 43.6 Å². The summed E-state index contributed by atoms with van der Waals surface area (Å²) < 4.78 is 24.8. The van der Waals surface area contributed by atoms with Crippen LogP contribution < -0.4 is 15.4 Å². The van der Waals surface area contributed by atoms with Crippen molar-refractivity contribution in [2.24, 2.45) is 0 Å². The third-order valence-corrected chi connectivity index (χ3v) is 3.70. The first kappa shape index (κ1) is 18.0. The maximum Gasteiger partial charge on any atom is 0.251 e. The second kappa shape index (κ2) is 7.93. The Hall–Kier alpha value is -2.39. The minimum atomic E-state index is -3.48. The Kier molecular flexibility index (Phi) is 5.93. The molecular formula is C14H16ClN5O3S. The molecule has 0 spiro atoms. The highest BCUT2D eigenvalue weighted by molar-refractivity contribution is 7.92. The van der Waals surface area contributed by atoms with Crippen molar-refractivity contribution in [2.75, 3.05) is 29.4 Å². The summed E-state index contributed by atoms with van der Waals surface area (Å²) in [6.07, 6.45) is 4.23. The molecule has 10 heteroatoms. The van der Waals surface area contributed by atoms with Crippen LogP contribution in [0, 0.1) is 0 Å². The van der Waals surface area contributed by atoms with Gasteiger partial charge in [0.05, 0.1) is 17.0 Å². The molecule has 0 aliphatic rings. The molecule has 1 heterocycles. The van der Waals surface area contributed by atoms with E-state index in [-0.39, 0.29) is 16.6 Å². The van der Waals surface area contributed by atoms with Crippen LogP contribution in [0.25, 0.3) is 0 Å². The normalized spacial score (nSPS) is 10.9. The van der Waals surface area contributed by atoms with Crippen LogP contribution in [-0.2, 0) is 10.0 Å². The molecule has 0 saturated carbocycles. The number of rotatable bonds is 7. The number of carbonyl (C=O) groups excluding carboxylic acids is 1. The third kappa shape index (κ3) is 5.67. The van der Waals surface area contributed by atoms with Gasteiger partial charge in [0.25, 0.3) is 5.91 Å². The molecule has 2 rings (SSSR count). The summed E-state index contributed by atoms with van der Waals surface area (Å²) in [5.74, 6) is 0.122. The van der Waals surface area contributed by atoms with E-state index in [4.69, 9.17) is 11.6 Å². The first-order chi connectivity index (χ1) is 11.3. The van der Waals surface area contributed by atoms with Crippen molar-refractivity contribution in [2.45, 2.75) is 0 Å². The molecule has 0 radical (unpaired) electrons. The SMILES string of the molecule is CS(=O)(=O)Nc1cc(C(=O)NCCNc2ncccn2)ccc1Cl. The standard InChI is InChI=1S/C14H16ClN5O3S/c1-24(22,23)20-12-9-10(3-4-11(12)15)13(21)16-7-8-19-14-17-5-2-6-18-14/h2-6,9,20H,7-8H2,1H3,(H,16,21)(H,17,18,19). The number of sulfonamides is 1. The van der Waals surface area contributed by atoms with Gasteiger partial charge in [-0.25, -0.2) is 18.4 Å². The summed E-state index contributed by atoms with van der Waals surface area (Å²) in [6.45, 7) is 0.784. The fourth-order valence-corrected chi connectivity index (χ4v) is 2.58. The Morgan fingerprint density at radius 1 is 1.21 bits per heavy atom. The second-order valence-electron chi connectivity index (χ2n) is 4.82. The van der Waals surface area contributed by atoms with E-state index in [9.17, 15) is 13.2 Å². The van der Waals surface area contributed by atoms with Crippen molar-refractivity contribution in [3.05, 3.63) is 47.2 Å². The third-order valence-electron chi connectivity index (χ3n) is 2.78. The Morgan fingerprint density at radius 3 is 2.58 bits per heavy atom. The molecule has 0 fully saturated rings. The molecule has 0 aliphatic carbocycles. The lowest BCUT2D eigenvalue weighted by Gasteiger charge is -2.10. The van der Waals surface area contributed by atoms with Gasteiger partial charge in [0.1, 0.15) is 0 Å². The van der Waals surface area contributed by atoms with Crippen LogP contribution in [0.15, 0.2) is 36.7 Å². The molecule has 8 nitrogen and oxygen atoms in total. The van der Waals surface area contributed by atoms with Gasteiger partial charge < -0.3 is 10.6 Å². The summed E-state index contributed by atoms with van der Waals surface area (Å²) in [5, 5.41) is 5.86. The fraction of sp³-hybridized carbons (Fsp3) is 0.214. The topological polar surface area (TPSA) is 113 Å². The number of nitrogens with one attached hydrogen (secondary N) is 3. The van der Waals surface area contributed by atoms with Gasteiger partial charge >= 0.3 is 0 Å². The summed E-state index contributed by atoms with van der Waals surface area (Å²) in [6, 6.07) is 6.06. The van der Waals surface area contributed by atoms with E-state index >= 15 is 0 Å². The average molecular weight is 370 g/mol. The number of amides is 1. The Morgan fingerprint density at radius 2 is 1.92 bits per heavy atom. The van der Waals surface area contributed by atoms with Gasteiger partial charge in [-0.15, -0.1) is 0 Å². The van der Waals surface area contributed by atoms with Crippen molar-refractivity contribution in [3.63, 3.8) is 0 Å². The quantitative estimate of drug-likeness (QED) is 0.635. The maximum atomic E-state index is 12.1. The predicted octanol–water partition coefficient (Wildman–Crippen LogP) is 1.34. The van der Waals surface area contributed by atoms with Crippen LogP contribution in [0.5, 0.6) is 0 Å². The predicted molar refractivity (Wildman–Crippen MR) is 92.8 cm³/mol. The highest BCUT2D eigenvalue weighted by Crippen LogP contribution is 2.23. The average Bonchev–Trinajstić information content (AvgIpc) is 2.53. The van der Waals surface area contributed by atoms with E-state index < -0.39 is 10.0 Å². The zero-order chi connectivity index (χ0) is 17.6. The summed E-state index contributed by atoms with van der Waals surface area (Å²) in [5.41, 5.74) is 0.448. The lowest BCUT2D eigenvalue weighted by Crippen LogP contribution is -2.29. The monoisotopic (exact) mass is 369 g/mol. The highest BCUT2D eigenvalue weighted by Gasteiger charge is 2.11. The zero-order valence-corrected chi connectivity index (χ0v) is 14.4. The molecule has 1 amide bonds. The van der Waals surface area contributed by atoms with Gasteiger partial charge in [-0.2, -0.15) is 0 Å². The Balaban J connectivity index is 1.91. The van der Waals surface area contributed by atoms with Crippen molar-refractivity contribution in [1.82, 2.24) is 15.3 Å². The summed E-state index contributed by atoms with van der Waals surface area (Å²) in [7, 11) is -3.48. The number of halogens is 1. The van der Waals surface area contributed by atoms with Crippen LogP contribution in [0.4, 0.5) is 11.6 Å². The molecule has 1 aromatic heterocycles. The molecule has 2 aromatic rings. The van der Waals surface area contributed by atoms with Crippen LogP contribution >= 0.6 is 11.6 Å². The lowest BCUT2D eigenvalue weighted by atomic mass is 10.2. The van der Waals surface area contributed by atoms with Crippen molar-refractivity contribution in [1.29, 1.82) is 0 Å². The molecule has 1 aromatic carbocycles. The van der Waals surface area contributed by atoms with E-state index in [1.807, 2.05) is 0 Å². The smallest absolute Gasteiger partial charge is 0.251 e. The molecule has 0 bridgehead atoms. The van der Waals surface area contributed by atoms with E-state index in [0.29, 0.717) is 24.6 Å². The number of benzene rings is 1. The first-order valence-corrected chi connectivity index (χ1v) is 9.18. The van der Waals surface area contributed by atoms with Crippen LogP contribution in [0.1, 0.15) is 10.4 Å². The van der Waals surface area contributed by atoms with E-state index in [2.05, 4.69) is 25.3 Å². The van der Waals surface area contributed by atoms with E-state index in [1.54, 1.807) is 18.5 Å². The largest absolute Gasteiger partial charge is 0.352 e. The number of nitrogens with zero attached hydrogens (tertiary/aromatic N) is 2. The molecule has 0 saturated heterocycles. The highest BCUT2D eigenvalue weighted by atomic mass is 35.5. The van der Waals surface area contributed by atoms with Crippen LogP contribution in [0.3, 0.4) is 0 Å². The number of anilines is 2. The van der Waals surface area contributed by atoms with Gasteiger partial charge in [-0.1, -0.05) is 11.6 Å². The van der Waals surface area contributed by atoms with Crippen molar-refractivity contribution >= 4 is 39.2 Å². The van der Waals surface area contributed by atoms with Gasteiger partial charge in [0.2, 0.25) is 16.0 Å². The molecule has 3 N–H and O–H groups in total. The van der Waals surface area contributed by atoms with E-state index in [0.717, 1.165) is 6.26 Å². The molecule has 24 heavy (non-hydrogen) atoms. The van der Waals surface area contributed by atoms with Gasteiger partial charge in [-0.3, -0.25) is 9.52 Å². The molecule has 0 aliphatic heterocycles. The maximum absolute atomic E-state index is 12.1. The second-order valence-corrected chi connectivity index (χ2v) is 6.98. The molecule has 128 valence electrons. The summed E-state index contributed by atoms with van der Waals surface area (Å²) in [4.78, 5) is 20.1. The number of carbonyl (C=O) groups is 1. The van der Waals surface area contributed by atoms with Gasteiger partial charge in [0.15, 0.2) is 0 Å². The Labute approximate surface area is 144 Å². The number of hydrogen-bond donors (Lipinski definition) is 3. The van der Waals surface area contributed by atoms with Crippen LogP contribution in [0.2, 0.25) is 5.02 Å². The fourth-order valence-electron chi connectivity index (χ4n) is 1.79. The molecular weight excluding hydrogens is 354 g/mol. The van der Waals surface area contributed by atoms with Gasteiger partial charge in [0, 0.05) is 31.0 Å². The first-order valence-electron chi connectivity index (χ1n) is 6.91. The summed E-state index contributed by atoms with van der Waals surface area (Å²) >= 11 is 5.92.